The van der Waals surface area contributed by atoms with E-state index in [0.29, 0.717) is 0 Å². The molecule has 0 aliphatic heterocycles. The normalized spacial score (nSPS) is 11.8. The molecule has 0 saturated carbocycles. The van der Waals surface area contributed by atoms with Crippen molar-refractivity contribution in [3.63, 3.8) is 0 Å². The average Bonchev–Trinajstić information content (AvgIpc) is 2.14. The topological polar surface area (TPSA) is 101 Å². The van der Waals surface area contributed by atoms with Gasteiger partial charge in [-0.1, -0.05) is 6.92 Å². The molecule has 0 amide bonds. The number of esters is 1. The third kappa shape index (κ3) is 7.48. The molecule has 0 aromatic rings. The number of ether oxygens (including phenoxy) is 1. The van der Waals surface area contributed by atoms with Crippen LogP contribution in [0.25, 0.3) is 0 Å². The number of rotatable bonds is 7. The van der Waals surface area contributed by atoms with Crippen LogP contribution in [0.3, 0.4) is 0 Å². The van der Waals surface area contributed by atoms with Gasteiger partial charge in [-0.15, -0.1) is 0 Å². The summed E-state index contributed by atoms with van der Waals surface area (Å²) in [4.78, 5) is 31.3. The second-order valence-corrected chi connectivity index (χ2v) is 3.14. The van der Waals surface area contributed by atoms with Crippen LogP contribution in [-0.4, -0.2) is 34.7 Å². The van der Waals surface area contributed by atoms with E-state index >= 15 is 0 Å². The lowest BCUT2D eigenvalue weighted by molar-refractivity contribution is -0.149. The molecule has 0 rings (SSSR count). The number of hydrogen-bond acceptors (Lipinski definition) is 4. The molecule has 0 spiro atoms. The summed E-state index contributed by atoms with van der Waals surface area (Å²) in [5.74, 6) is -3.20. The monoisotopic (exact) mass is 218 g/mol. The number of carboxylic acids is 2. The highest BCUT2D eigenvalue weighted by Crippen LogP contribution is 2.02. The van der Waals surface area contributed by atoms with Gasteiger partial charge in [0.25, 0.3) is 0 Å². The van der Waals surface area contributed by atoms with Crippen molar-refractivity contribution >= 4 is 17.9 Å². The van der Waals surface area contributed by atoms with Crippen LogP contribution in [0.4, 0.5) is 0 Å². The second-order valence-electron chi connectivity index (χ2n) is 3.14. The van der Waals surface area contributed by atoms with Gasteiger partial charge in [0, 0.05) is 0 Å². The van der Waals surface area contributed by atoms with Crippen LogP contribution in [0.1, 0.15) is 26.2 Å². The zero-order valence-electron chi connectivity index (χ0n) is 8.43. The number of aliphatic carboxylic acids is 2. The fraction of sp³-hybridized carbons (Fsp3) is 0.667. The Morgan fingerprint density at radius 1 is 1.20 bits per heavy atom. The van der Waals surface area contributed by atoms with Crippen LogP contribution in [0.15, 0.2) is 0 Å². The Hall–Kier alpha value is -1.59. The van der Waals surface area contributed by atoms with E-state index in [9.17, 15) is 14.4 Å². The Morgan fingerprint density at radius 2 is 1.80 bits per heavy atom. The van der Waals surface area contributed by atoms with E-state index < -0.39 is 23.8 Å². The summed E-state index contributed by atoms with van der Waals surface area (Å²) < 4.78 is 4.65. The highest BCUT2D eigenvalue weighted by Gasteiger charge is 2.12. The summed E-state index contributed by atoms with van der Waals surface area (Å²) in [5.41, 5.74) is 0. The third-order valence-corrected chi connectivity index (χ3v) is 1.78. The molecule has 6 nitrogen and oxygen atoms in total. The molecule has 15 heavy (non-hydrogen) atoms. The second kappa shape index (κ2) is 6.80. The van der Waals surface area contributed by atoms with Crippen LogP contribution in [0.5, 0.6) is 0 Å². The largest absolute Gasteiger partial charge is 0.481 e. The number of carbonyl (C=O) groups is 3. The van der Waals surface area contributed by atoms with Gasteiger partial charge < -0.3 is 14.9 Å². The summed E-state index contributed by atoms with van der Waals surface area (Å²) >= 11 is 0. The molecule has 0 aliphatic rings. The molecular formula is C9H14O6. The summed E-state index contributed by atoms with van der Waals surface area (Å²) in [6.07, 6.45) is -0.224. The molecule has 0 saturated heterocycles. The average molecular weight is 218 g/mol. The molecule has 0 heterocycles. The molecule has 0 aromatic heterocycles. The molecule has 0 aliphatic carbocycles. The minimum Gasteiger partial charge on any atom is -0.481 e. The smallest absolute Gasteiger partial charge is 0.306 e. The predicted molar refractivity (Wildman–Crippen MR) is 49.2 cm³/mol. The molecule has 86 valence electrons. The van der Waals surface area contributed by atoms with Gasteiger partial charge in [-0.25, -0.2) is 0 Å². The van der Waals surface area contributed by atoms with Crippen molar-refractivity contribution in [2.45, 2.75) is 26.2 Å². The van der Waals surface area contributed by atoms with E-state index in [4.69, 9.17) is 10.2 Å². The van der Waals surface area contributed by atoms with E-state index in [0.717, 1.165) is 0 Å². The molecule has 0 fully saturated rings. The van der Waals surface area contributed by atoms with Crippen LogP contribution in [-0.2, 0) is 19.1 Å². The lowest BCUT2D eigenvalue weighted by Crippen LogP contribution is -2.14. The quantitative estimate of drug-likeness (QED) is 0.603. The van der Waals surface area contributed by atoms with Gasteiger partial charge in [0.2, 0.25) is 0 Å². The van der Waals surface area contributed by atoms with Crippen LogP contribution in [0.2, 0.25) is 0 Å². The van der Waals surface area contributed by atoms with Crippen LogP contribution < -0.4 is 0 Å². The first-order valence-electron chi connectivity index (χ1n) is 4.53. The van der Waals surface area contributed by atoms with Crippen molar-refractivity contribution < 1.29 is 29.3 Å². The van der Waals surface area contributed by atoms with Crippen LogP contribution >= 0.6 is 0 Å². The van der Waals surface area contributed by atoms with E-state index in [1.807, 2.05) is 0 Å². The fourth-order valence-electron chi connectivity index (χ4n) is 0.754. The van der Waals surface area contributed by atoms with Crippen molar-refractivity contribution in [3.05, 3.63) is 0 Å². The van der Waals surface area contributed by atoms with E-state index in [1.54, 1.807) is 0 Å². The van der Waals surface area contributed by atoms with Gasteiger partial charge in [0.05, 0.1) is 25.4 Å². The van der Waals surface area contributed by atoms with Crippen molar-refractivity contribution in [1.29, 1.82) is 0 Å². The molecular weight excluding hydrogens is 204 g/mol. The highest BCUT2D eigenvalue weighted by molar-refractivity contribution is 5.76. The molecule has 1 atom stereocenters. The minimum absolute atomic E-state index is 0.00587. The predicted octanol–water partition coefficient (Wildman–Crippen LogP) is 0.505. The Balaban J connectivity index is 3.55. The van der Waals surface area contributed by atoms with Gasteiger partial charge in [-0.05, 0) is 6.42 Å². The summed E-state index contributed by atoms with van der Waals surface area (Å²) in [5, 5.41) is 16.8. The third-order valence-electron chi connectivity index (χ3n) is 1.78. The van der Waals surface area contributed by atoms with Crippen molar-refractivity contribution in [2.24, 2.45) is 5.92 Å². The Morgan fingerprint density at radius 3 is 2.27 bits per heavy atom. The first kappa shape index (κ1) is 13.4. The van der Waals surface area contributed by atoms with Crippen LogP contribution in [0, 0.1) is 5.92 Å². The first-order chi connectivity index (χ1) is 6.93. The molecule has 0 bridgehead atoms. The SMILES string of the molecule is CC(CCOC(=O)CCC(=O)O)C(=O)O. The van der Waals surface area contributed by atoms with Gasteiger partial charge in [-0.2, -0.15) is 0 Å². The lowest BCUT2D eigenvalue weighted by atomic mass is 10.1. The number of carboxylic acid groups (broad SMARTS) is 2. The molecule has 6 heteroatoms. The number of hydrogen-bond donors (Lipinski definition) is 2. The summed E-state index contributed by atoms with van der Waals surface area (Å²) in [6, 6.07) is 0. The van der Waals surface area contributed by atoms with Crippen molar-refractivity contribution in [1.82, 2.24) is 0 Å². The summed E-state index contributed by atoms with van der Waals surface area (Å²) in [6.45, 7) is 1.51. The molecule has 2 N–H and O–H groups in total. The van der Waals surface area contributed by atoms with E-state index in [1.165, 1.54) is 6.92 Å². The Kier molecular flexibility index (Phi) is 6.08. The highest BCUT2D eigenvalue weighted by atomic mass is 16.5. The standard InChI is InChI=1S/C9H14O6/c1-6(9(13)14)4-5-15-8(12)3-2-7(10)11/h6H,2-5H2,1H3,(H,10,11)(H,13,14). The van der Waals surface area contributed by atoms with E-state index in [2.05, 4.69) is 4.74 Å². The number of carbonyl (C=O) groups excluding carboxylic acids is 1. The Labute approximate surface area is 86.8 Å². The van der Waals surface area contributed by atoms with Gasteiger partial charge in [0.15, 0.2) is 0 Å². The van der Waals surface area contributed by atoms with E-state index in [-0.39, 0.29) is 25.9 Å². The molecule has 0 radical (unpaired) electrons. The molecule has 0 aromatic carbocycles. The lowest BCUT2D eigenvalue weighted by Gasteiger charge is -2.06. The zero-order valence-corrected chi connectivity index (χ0v) is 8.43. The van der Waals surface area contributed by atoms with Gasteiger partial charge >= 0.3 is 17.9 Å². The molecule has 1 unspecified atom stereocenters. The maximum Gasteiger partial charge on any atom is 0.306 e. The van der Waals surface area contributed by atoms with Crippen molar-refractivity contribution in [2.75, 3.05) is 6.61 Å². The Bertz CT molecular complexity index is 247. The summed E-state index contributed by atoms with van der Waals surface area (Å²) in [7, 11) is 0. The van der Waals surface area contributed by atoms with Crippen molar-refractivity contribution in [3.8, 4) is 0 Å². The zero-order chi connectivity index (χ0) is 11.8. The van der Waals surface area contributed by atoms with Gasteiger partial charge in [0.1, 0.15) is 0 Å². The first-order valence-corrected chi connectivity index (χ1v) is 4.53. The van der Waals surface area contributed by atoms with Gasteiger partial charge in [-0.3, -0.25) is 14.4 Å². The minimum atomic E-state index is -1.06. The maximum atomic E-state index is 10.9. The maximum absolute atomic E-state index is 10.9. The fourth-order valence-corrected chi connectivity index (χ4v) is 0.754.